The van der Waals surface area contributed by atoms with Gasteiger partial charge in [-0.1, -0.05) is 6.07 Å². The fraction of sp³-hybridized carbons (Fsp3) is 0.250. The fourth-order valence-corrected chi connectivity index (χ4v) is 4.55. The molecule has 29 heavy (non-hydrogen) atoms. The van der Waals surface area contributed by atoms with E-state index in [2.05, 4.69) is 14.7 Å². The summed E-state index contributed by atoms with van der Waals surface area (Å²) in [4.78, 5) is 42.6. The van der Waals surface area contributed by atoms with Crippen LogP contribution in [0.5, 0.6) is 0 Å². The quantitative estimate of drug-likeness (QED) is 0.670. The molecular formula is C20H17N5O3S. The van der Waals surface area contributed by atoms with E-state index >= 15 is 0 Å². The van der Waals surface area contributed by atoms with Crippen LogP contribution in [0.15, 0.2) is 36.1 Å². The number of imide groups is 1. The van der Waals surface area contributed by atoms with Crippen LogP contribution in [-0.2, 0) is 23.2 Å². The third kappa shape index (κ3) is 2.85. The molecule has 3 amide bonds. The predicted octanol–water partition coefficient (Wildman–Crippen LogP) is 1.97. The van der Waals surface area contributed by atoms with Crippen LogP contribution < -0.4 is 5.32 Å². The van der Waals surface area contributed by atoms with E-state index in [1.165, 1.54) is 11.5 Å². The lowest BCUT2D eigenvalue weighted by Crippen LogP contribution is -2.52. The Kier molecular flexibility index (Phi) is 4.06. The van der Waals surface area contributed by atoms with Gasteiger partial charge in [-0.25, -0.2) is 9.36 Å². The zero-order valence-electron chi connectivity index (χ0n) is 15.6. The number of fused-ring (bicyclic) bond motifs is 1. The summed E-state index contributed by atoms with van der Waals surface area (Å²) in [6.07, 6.45) is 4.17. The molecule has 3 aromatic rings. The summed E-state index contributed by atoms with van der Waals surface area (Å²) in [6, 6.07) is 5.03. The third-order valence-corrected chi connectivity index (χ3v) is 6.03. The summed E-state index contributed by atoms with van der Waals surface area (Å²) in [6.45, 7) is 0.344. The summed E-state index contributed by atoms with van der Waals surface area (Å²) in [5, 5.41) is 4.30. The van der Waals surface area contributed by atoms with Crippen molar-refractivity contribution in [1.82, 2.24) is 24.1 Å². The summed E-state index contributed by atoms with van der Waals surface area (Å²) in [5.74, 6) is -0.868. The Morgan fingerprint density at radius 1 is 1.21 bits per heavy atom. The van der Waals surface area contributed by atoms with E-state index in [0.717, 1.165) is 28.1 Å². The van der Waals surface area contributed by atoms with Crippen LogP contribution in [0, 0.1) is 0 Å². The van der Waals surface area contributed by atoms with Crippen molar-refractivity contribution in [2.24, 2.45) is 7.05 Å². The number of hydrogen-bond donors (Lipinski definition) is 1. The van der Waals surface area contributed by atoms with Gasteiger partial charge in [-0.2, -0.15) is 0 Å². The van der Waals surface area contributed by atoms with Gasteiger partial charge in [0.05, 0.1) is 23.9 Å². The molecule has 1 N–H and O–H groups in total. The highest BCUT2D eigenvalue weighted by Gasteiger charge is 2.39. The number of piperidine rings is 1. The Hall–Kier alpha value is -3.33. The molecule has 0 spiro atoms. The molecule has 0 radical (unpaired) electrons. The van der Waals surface area contributed by atoms with E-state index in [4.69, 9.17) is 0 Å². The van der Waals surface area contributed by atoms with Gasteiger partial charge < -0.3 is 9.47 Å². The van der Waals surface area contributed by atoms with Gasteiger partial charge in [0.1, 0.15) is 6.04 Å². The second-order valence-electron chi connectivity index (χ2n) is 7.24. The van der Waals surface area contributed by atoms with Crippen LogP contribution in [0.2, 0.25) is 0 Å². The first-order chi connectivity index (χ1) is 14.0. The van der Waals surface area contributed by atoms with Crippen molar-refractivity contribution in [3.63, 3.8) is 0 Å². The largest absolute Gasteiger partial charge is 0.333 e. The number of nitrogens with zero attached hydrogens (tertiary/aromatic N) is 4. The molecule has 2 aliphatic rings. The number of carbonyl (C=O) groups is 3. The summed E-state index contributed by atoms with van der Waals surface area (Å²) < 4.78 is 6.13. The zero-order valence-corrected chi connectivity index (χ0v) is 16.4. The predicted molar refractivity (Wildman–Crippen MR) is 106 cm³/mol. The number of benzene rings is 1. The van der Waals surface area contributed by atoms with Gasteiger partial charge in [0.2, 0.25) is 11.8 Å². The molecule has 2 aliphatic heterocycles. The molecule has 0 aliphatic carbocycles. The maximum atomic E-state index is 12.9. The highest BCUT2D eigenvalue weighted by atomic mass is 32.1. The van der Waals surface area contributed by atoms with Crippen LogP contribution in [0.1, 0.15) is 28.8 Å². The van der Waals surface area contributed by atoms with Crippen LogP contribution in [-0.4, -0.2) is 42.6 Å². The maximum absolute atomic E-state index is 12.9. The topological polar surface area (TPSA) is 97.2 Å². The minimum Gasteiger partial charge on any atom is -0.333 e. The lowest BCUT2D eigenvalue weighted by Gasteiger charge is -2.29. The Bertz CT molecular complexity index is 1150. The summed E-state index contributed by atoms with van der Waals surface area (Å²) >= 11 is 1.38. The van der Waals surface area contributed by atoms with Gasteiger partial charge >= 0.3 is 0 Å². The molecule has 8 nitrogen and oxygen atoms in total. The lowest BCUT2D eigenvalue weighted by atomic mass is 10.0. The van der Waals surface area contributed by atoms with E-state index in [0.29, 0.717) is 18.5 Å². The summed E-state index contributed by atoms with van der Waals surface area (Å²) in [5.41, 5.74) is 5.13. The van der Waals surface area contributed by atoms with Gasteiger partial charge in [-0.3, -0.25) is 19.7 Å². The van der Waals surface area contributed by atoms with Gasteiger partial charge in [-0.15, -0.1) is 0 Å². The van der Waals surface area contributed by atoms with Gasteiger partial charge in [0.25, 0.3) is 5.91 Å². The number of rotatable bonds is 3. The van der Waals surface area contributed by atoms with Crippen LogP contribution in [0.25, 0.3) is 22.5 Å². The standard InChI is InChI=1S/C20H17N5O3S/c1-24-10-21-17(18(24)13-7-22-29-9-13)11-2-3-14-12(6-11)8-25(20(14)28)15-4-5-16(26)23-19(15)27/h2-3,6-7,9-10,15H,4-5,8H2,1H3,(H,23,26,27)/t15-/m0/s1. The number of hydrogen-bond acceptors (Lipinski definition) is 6. The van der Waals surface area contributed by atoms with Crippen LogP contribution >= 0.6 is 11.5 Å². The minimum atomic E-state index is -0.613. The Labute approximate surface area is 170 Å². The van der Waals surface area contributed by atoms with Gasteiger partial charge in [-0.05, 0) is 35.6 Å². The molecule has 9 heteroatoms. The highest BCUT2D eigenvalue weighted by Crippen LogP contribution is 2.35. The molecule has 146 valence electrons. The van der Waals surface area contributed by atoms with E-state index in [1.54, 1.807) is 17.3 Å². The third-order valence-electron chi connectivity index (χ3n) is 5.44. The van der Waals surface area contributed by atoms with Gasteiger partial charge in [0, 0.05) is 42.1 Å². The molecular weight excluding hydrogens is 390 g/mol. The number of aryl methyl sites for hydroxylation is 1. The van der Waals surface area contributed by atoms with Crippen molar-refractivity contribution >= 4 is 29.3 Å². The number of amides is 3. The average molecular weight is 407 g/mol. The molecule has 1 saturated heterocycles. The summed E-state index contributed by atoms with van der Waals surface area (Å²) in [7, 11) is 1.94. The van der Waals surface area contributed by atoms with Crippen LogP contribution in [0.4, 0.5) is 0 Å². The minimum absolute atomic E-state index is 0.177. The zero-order chi connectivity index (χ0) is 20.1. The maximum Gasteiger partial charge on any atom is 0.255 e. The normalized spacial score (nSPS) is 18.9. The van der Waals surface area contributed by atoms with Crippen molar-refractivity contribution in [2.45, 2.75) is 25.4 Å². The molecule has 0 saturated carbocycles. The number of aromatic nitrogens is 3. The van der Waals surface area contributed by atoms with E-state index in [1.807, 2.05) is 35.3 Å². The first-order valence-electron chi connectivity index (χ1n) is 9.22. The van der Waals surface area contributed by atoms with E-state index < -0.39 is 11.9 Å². The number of imidazole rings is 1. The van der Waals surface area contributed by atoms with Crippen molar-refractivity contribution < 1.29 is 14.4 Å². The SMILES string of the molecule is Cn1cnc(-c2ccc3c(c2)CN([C@H]2CCC(=O)NC2=O)C3=O)c1-c1cnsc1. The molecule has 1 atom stereocenters. The monoisotopic (exact) mass is 407 g/mol. The van der Waals surface area contributed by atoms with Crippen LogP contribution in [0.3, 0.4) is 0 Å². The highest BCUT2D eigenvalue weighted by molar-refractivity contribution is 7.03. The molecule has 0 unspecified atom stereocenters. The van der Waals surface area contributed by atoms with Gasteiger partial charge in [0.15, 0.2) is 0 Å². The van der Waals surface area contributed by atoms with Crippen molar-refractivity contribution in [3.8, 4) is 22.5 Å². The fourth-order valence-electron chi connectivity index (χ4n) is 4.03. The second kappa shape index (κ2) is 6.63. The Morgan fingerprint density at radius 3 is 2.83 bits per heavy atom. The Morgan fingerprint density at radius 2 is 2.07 bits per heavy atom. The van der Waals surface area contributed by atoms with E-state index in [-0.39, 0.29) is 18.2 Å². The van der Waals surface area contributed by atoms with Crippen molar-refractivity contribution in [3.05, 3.63) is 47.2 Å². The molecule has 1 aromatic carbocycles. The first kappa shape index (κ1) is 17.7. The average Bonchev–Trinajstić information content (AvgIpc) is 3.41. The first-order valence-corrected chi connectivity index (χ1v) is 10.1. The molecule has 2 aromatic heterocycles. The van der Waals surface area contributed by atoms with E-state index in [9.17, 15) is 14.4 Å². The molecule has 1 fully saturated rings. The lowest BCUT2D eigenvalue weighted by molar-refractivity contribution is -0.136. The number of carbonyl (C=O) groups excluding carboxylic acids is 3. The molecule has 0 bridgehead atoms. The number of nitrogens with one attached hydrogen (secondary N) is 1. The molecule has 4 heterocycles. The Balaban J connectivity index is 1.49. The van der Waals surface area contributed by atoms with Crippen molar-refractivity contribution in [1.29, 1.82) is 0 Å². The smallest absolute Gasteiger partial charge is 0.255 e. The van der Waals surface area contributed by atoms with Crippen molar-refractivity contribution in [2.75, 3.05) is 0 Å². The second-order valence-corrected chi connectivity index (χ2v) is 7.90. The molecule has 5 rings (SSSR count).